The molecule has 0 aromatic heterocycles. The van der Waals surface area contributed by atoms with E-state index in [1.807, 2.05) is 13.8 Å². The fourth-order valence-electron chi connectivity index (χ4n) is 2.79. The molecular weight excluding hydrogens is 188 g/mol. The molecule has 0 aromatic rings. The van der Waals surface area contributed by atoms with Crippen molar-refractivity contribution >= 4 is 5.91 Å². The Morgan fingerprint density at radius 2 is 1.93 bits per heavy atom. The standard InChI is InChI=1S/C12H22N2O/c1-8(2)12(15)13-7-9-5-10-3-4-11(6-9)14-10/h8-11,14H,3-7H2,1-2H3,(H,13,15). The molecule has 2 saturated heterocycles. The van der Waals surface area contributed by atoms with E-state index in [2.05, 4.69) is 10.6 Å². The van der Waals surface area contributed by atoms with E-state index >= 15 is 0 Å². The van der Waals surface area contributed by atoms with E-state index in [1.165, 1.54) is 25.7 Å². The van der Waals surface area contributed by atoms with Crippen molar-refractivity contribution in [2.75, 3.05) is 6.54 Å². The second-order valence-corrected chi connectivity index (χ2v) is 5.38. The number of hydrogen-bond acceptors (Lipinski definition) is 2. The Morgan fingerprint density at radius 3 is 2.47 bits per heavy atom. The first-order chi connectivity index (χ1) is 7.15. The van der Waals surface area contributed by atoms with Crippen LogP contribution in [0.5, 0.6) is 0 Å². The van der Waals surface area contributed by atoms with Crippen molar-refractivity contribution in [2.45, 2.75) is 51.6 Å². The predicted molar refractivity (Wildman–Crippen MR) is 60.5 cm³/mol. The molecule has 2 atom stereocenters. The summed E-state index contributed by atoms with van der Waals surface area (Å²) in [4.78, 5) is 11.4. The zero-order chi connectivity index (χ0) is 10.8. The van der Waals surface area contributed by atoms with Gasteiger partial charge in [-0.25, -0.2) is 0 Å². The summed E-state index contributed by atoms with van der Waals surface area (Å²) in [5.41, 5.74) is 0. The number of carbonyl (C=O) groups excluding carboxylic acids is 1. The van der Waals surface area contributed by atoms with Crippen molar-refractivity contribution in [1.29, 1.82) is 0 Å². The van der Waals surface area contributed by atoms with Gasteiger partial charge in [-0.2, -0.15) is 0 Å². The average molecular weight is 210 g/mol. The summed E-state index contributed by atoms with van der Waals surface area (Å²) in [6.45, 7) is 4.77. The van der Waals surface area contributed by atoms with Gasteiger partial charge in [0, 0.05) is 24.5 Å². The first kappa shape index (κ1) is 10.9. The van der Waals surface area contributed by atoms with Crippen molar-refractivity contribution in [3.63, 3.8) is 0 Å². The van der Waals surface area contributed by atoms with Crippen LogP contribution in [0.1, 0.15) is 39.5 Å². The fraction of sp³-hybridized carbons (Fsp3) is 0.917. The Labute approximate surface area is 92.0 Å². The highest BCUT2D eigenvalue weighted by atomic mass is 16.1. The lowest BCUT2D eigenvalue weighted by Gasteiger charge is -2.29. The lowest BCUT2D eigenvalue weighted by atomic mass is 9.92. The Morgan fingerprint density at radius 1 is 1.33 bits per heavy atom. The van der Waals surface area contributed by atoms with Gasteiger partial charge in [0.25, 0.3) is 0 Å². The van der Waals surface area contributed by atoms with Crippen LogP contribution >= 0.6 is 0 Å². The first-order valence-corrected chi connectivity index (χ1v) is 6.19. The molecular formula is C12H22N2O. The van der Waals surface area contributed by atoms with Gasteiger partial charge in [0.2, 0.25) is 5.91 Å². The zero-order valence-corrected chi connectivity index (χ0v) is 9.75. The SMILES string of the molecule is CC(C)C(=O)NCC1CC2CCC(C1)N2. The molecule has 0 aromatic carbocycles. The molecule has 2 aliphatic heterocycles. The monoisotopic (exact) mass is 210 g/mol. The number of carbonyl (C=O) groups is 1. The van der Waals surface area contributed by atoms with Gasteiger partial charge in [0.1, 0.15) is 0 Å². The third-order valence-corrected chi connectivity index (χ3v) is 3.66. The molecule has 0 saturated carbocycles. The highest BCUT2D eigenvalue weighted by Gasteiger charge is 2.33. The average Bonchev–Trinajstić information content (AvgIpc) is 2.54. The number of amides is 1. The van der Waals surface area contributed by atoms with E-state index in [0.717, 1.165) is 18.6 Å². The second kappa shape index (κ2) is 4.52. The molecule has 15 heavy (non-hydrogen) atoms. The van der Waals surface area contributed by atoms with E-state index in [0.29, 0.717) is 5.92 Å². The predicted octanol–water partition coefficient (Wildman–Crippen LogP) is 1.29. The van der Waals surface area contributed by atoms with Gasteiger partial charge in [-0.05, 0) is 31.6 Å². The Hall–Kier alpha value is -0.570. The van der Waals surface area contributed by atoms with E-state index in [-0.39, 0.29) is 11.8 Å². The van der Waals surface area contributed by atoms with Crippen LogP contribution in [0.25, 0.3) is 0 Å². The van der Waals surface area contributed by atoms with Crippen LogP contribution in [0.15, 0.2) is 0 Å². The van der Waals surface area contributed by atoms with Gasteiger partial charge in [-0.1, -0.05) is 13.8 Å². The molecule has 1 amide bonds. The van der Waals surface area contributed by atoms with Crippen LogP contribution in [-0.4, -0.2) is 24.5 Å². The highest BCUT2D eigenvalue weighted by Crippen LogP contribution is 2.30. The van der Waals surface area contributed by atoms with Gasteiger partial charge in [0.15, 0.2) is 0 Å². The van der Waals surface area contributed by atoms with E-state index in [9.17, 15) is 4.79 Å². The maximum atomic E-state index is 11.4. The molecule has 2 rings (SSSR count). The molecule has 3 heteroatoms. The van der Waals surface area contributed by atoms with Gasteiger partial charge >= 0.3 is 0 Å². The van der Waals surface area contributed by atoms with Crippen LogP contribution in [-0.2, 0) is 4.79 Å². The molecule has 0 radical (unpaired) electrons. The third-order valence-electron chi connectivity index (χ3n) is 3.66. The number of hydrogen-bond donors (Lipinski definition) is 2. The molecule has 2 unspecified atom stereocenters. The molecule has 2 N–H and O–H groups in total. The van der Waals surface area contributed by atoms with E-state index in [4.69, 9.17) is 0 Å². The quantitative estimate of drug-likeness (QED) is 0.737. The molecule has 2 aliphatic rings. The zero-order valence-electron chi connectivity index (χ0n) is 9.75. The Balaban J connectivity index is 1.74. The minimum Gasteiger partial charge on any atom is -0.356 e. The minimum absolute atomic E-state index is 0.114. The van der Waals surface area contributed by atoms with Crippen molar-refractivity contribution < 1.29 is 4.79 Å². The van der Waals surface area contributed by atoms with Crippen LogP contribution in [0.2, 0.25) is 0 Å². The van der Waals surface area contributed by atoms with Crippen LogP contribution in [0.3, 0.4) is 0 Å². The van der Waals surface area contributed by atoms with Crippen molar-refractivity contribution in [3.8, 4) is 0 Å². The number of rotatable bonds is 3. The highest BCUT2D eigenvalue weighted by molar-refractivity contribution is 5.77. The summed E-state index contributed by atoms with van der Waals surface area (Å²) in [6, 6.07) is 1.45. The number of piperidine rings is 1. The molecule has 86 valence electrons. The van der Waals surface area contributed by atoms with Crippen LogP contribution < -0.4 is 10.6 Å². The molecule has 2 fully saturated rings. The van der Waals surface area contributed by atoms with Crippen LogP contribution in [0.4, 0.5) is 0 Å². The first-order valence-electron chi connectivity index (χ1n) is 6.19. The summed E-state index contributed by atoms with van der Waals surface area (Å²) in [6.07, 6.45) is 5.16. The molecule has 2 heterocycles. The third kappa shape index (κ3) is 2.71. The van der Waals surface area contributed by atoms with Gasteiger partial charge in [-0.3, -0.25) is 4.79 Å². The van der Waals surface area contributed by atoms with Gasteiger partial charge in [-0.15, -0.1) is 0 Å². The summed E-state index contributed by atoms with van der Waals surface area (Å²) in [5, 5.41) is 6.67. The fourth-order valence-corrected chi connectivity index (χ4v) is 2.79. The summed E-state index contributed by atoms with van der Waals surface area (Å²) >= 11 is 0. The van der Waals surface area contributed by atoms with Crippen molar-refractivity contribution in [3.05, 3.63) is 0 Å². The second-order valence-electron chi connectivity index (χ2n) is 5.38. The normalized spacial score (nSPS) is 34.5. The van der Waals surface area contributed by atoms with Crippen molar-refractivity contribution in [2.24, 2.45) is 11.8 Å². The van der Waals surface area contributed by atoms with Gasteiger partial charge < -0.3 is 10.6 Å². The summed E-state index contributed by atoms with van der Waals surface area (Å²) in [5.74, 6) is 1.01. The number of fused-ring (bicyclic) bond motifs is 2. The Bertz CT molecular complexity index is 228. The molecule has 2 bridgehead atoms. The molecule has 0 spiro atoms. The van der Waals surface area contributed by atoms with Crippen molar-refractivity contribution in [1.82, 2.24) is 10.6 Å². The maximum absolute atomic E-state index is 11.4. The van der Waals surface area contributed by atoms with E-state index < -0.39 is 0 Å². The Kier molecular flexibility index (Phi) is 3.29. The lowest BCUT2D eigenvalue weighted by molar-refractivity contribution is -0.124. The summed E-state index contributed by atoms with van der Waals surface area (Å²) in [7, 11) is 0. The van der Waals surface area contributed by atoms with E-state index in [1.54, 1.807) is 0 Å². The van der Waals surface area contributed by atoms with Crippen LogP contribution in [0, 0.1) is 11.8 Å². The molecule has 0 aliphatic carbocycles. The maximum Gasteiger partial charge on any atom is 0.222 e. The topological polar surface area (TPSA) is 41.1 Å². The lowest BCUT2D eigenvalue weighted by Crippen LogP contribution is -2.42. The summed E-state index contributed by atoms with van der Waals surface area (Å²) < 4.78 is 0. The minimum atomic E-state index is 0.114. The molecule has 3 nitrogen and oxygen atoms in total. The smallest absolute Gasteiger partial charge is 0.222 e. The largest absolute Gasteiger partial charge is 0.356 e. The van der Waals surface area contributed by atoms with Gasteiger partial charge in [0.05, 0.1) is 0 Å². The number of nitrogens with one attached hydrogen (secondary N) is 2.